The number of benzene rings is 1. The average molecular weight is 374 g/mol. The molecule has 0 bridgehead atoms. The minimum absolute atomic E-state index is 0.114. The second-order valence-electron chi connectivity index (χ2n) is 6.08. The van der Waals surface area contributed by atoms with Crippen LogP contribution in [0.2, 0.25) is 0 Å². The first-order chi connectivity index (χ1) is 13.2. The SMILES string of the molecule is COc1ccnc(NCC(c2ccc(OC)c(OC)c2)N2CCOCC2)n1. The van der Waals surface area contributed by atoms with Crippen LogP contribution in [0.1, 0.15) is 11.6 Å². The van der Waals surface area contributed by atoms with Gasteiger partial charge in [-0.1, -0.05) is 6.07 Å². The summed E-state index contributed by atoms with van der Waals surface area (Å²) in [6.07, 6.45) is 1.67. The number of aromatic nitrogens is 2. The van der Waals surface area contributed by atoms with Gasteiger partial charge < -0.3 is 24.3 Å². The Balaban J connectivity index is 1.82. The Labute approximate surface area is 159 Å². The molecule has 8 heteroatoms. The Morgan fingerprint density at radius 3 is 2.56 bits per heavy atom. The van der Waals surface area contributed by atoms with E-state index in [0.29, 0.717) is 29.9 Å². The number of nitrogens with zero attached hydrogens (tertiary/aromatic N) is 3. The fourth-order valence-corrected chi connectivity index (χ4v) is 3.14. The van der Waals surface area contributed by atoms with Crippen molar-refractivity contribution < 1.29 is 18.9 Å². The van der Waals surface area contributed by atoms with Crippen molar-refractivity contribution in [3.05, 3.63) is 36.0 Å². The van der Waals surface area contributed by atoms with E-state index < -0.39 is 0 Å². The van der Waals surface area contributed by atoms with Crippen molar-refractivity contribution in [2.24, 2.45) is 0 Å². The van der Waals surface area contributed by atoms with E-state index in [1.54, 1.807) is 33.6 Å². The molecule has 2 aromatic rings. The molecule has 1 aromatic heterocycles. The standard InChI is InChI=1S/C19H26N4O4/c1-24-16-5-4-14(12-17(16)25-2)15(23-8-10-27-11-9-23)13-21-19-20-7-6-18(22-19)26-3/h4-7,12,15H,8-11,13H2,1-3H3,(H,20,21,22). The zero-order chi connectivity index (χ0) is 19.1. The normalized spacial score (nSPS) is 15.8. The first-order valence-corrected chi connectivity index (χ1v) is 8.89. The van der Waals surface area contributed by atoms with Gasteiger partial charge in [-0.25, -0.2) is 4.98 Å². The molecule has 2 heterocycles. The van der Waals surface area contributed by atoms with Gasteiger partial charge in [-0.15, -0.1) is 0 Å². The predicted octanol–water partition coefficient (Wildman–Crippen LogP) is 1.99. The summed E-state index contributed by atoms with van der Waals surface area (Å²) in [7, 11) is 4.87. The molecular formula is C19H26N4O4. The molecule has 1 aromatic carbocycles. The van der Waals surface area contributed by atoms with Gasteiger partial charge in [0.2, 0.25) is 11.8 Å². The molecule has 1 atom stereocenters. The van der Waals surface area contributed by atoms with E-state index in [9.17, 15) is 0 Å². The largest absolute Gasteiger partial charge is 0.493 e. The number of ether oxygens (including phenoxy) is 4. The van der Waals surface area contributed by atoms with E-state index >= 15 is 0 Å². The molecule has 8 nitrogen and oxygen atoms in total. The summed E-state index contributed by atoms with van der Waals surface area (Å²) in [4.78, 5) is 11.0. The first-order valence-electron chi connectivity index (χ1n) is 8.89. The van der Waals surface area contributed by atoms with Crippen LogP contribution in [0.15, 0.2) is 30.5 Å². The number of hydrogen-bond donors (Lipinski definition) is 1. The molecule has 27 heavy (non-hydrogen) atoms. The third kappa shape index (κ3) is 4.78. The summed E-state index contributed by atoms with van der Waals surface area (Å²) in [5.74, 6) is 2.49. The quantitative estimate of drug-likeness (QED) is 0.752. The Hall–Kier alpha value is -2.58. The molecular weight excluding hydrogens is 348 g/mol. The van der Waals surface area contributed by atoms with Gasteiger partial charge in [0.05, 0.1) is 40.6 Å². The molecule has 1 aliphatic heterocycles. The smallest absolute Gasteiger partial charge is 0.226 e. The molecule has 1 unspecified atom stereocenters. The van der Waals surface area contributed by atoms with Crippen molar-refractivity contribution in [2.75, 3.05) is 59.5 Å². The highest BCUT2D eigenvalue weighted by molar-refractivity contribution is 5.44. The van der Waals surface area contributed by atoms with Crippen molar-refractivity contribution in [2.45, 2.75) is 6.04 Å². The lowest BCUT2D eigenvalue weighted by Crippen LogP contribution is -2.41. The summed E-state index contributed by atoms with van der Waals surface area (Å²) in [6, 6.07) is 7.86. The van der Waals surface area contributed by atoms with Gasteiger partial charge in [-0.3, -0.25) is 4.90 Å². The number of rotatable bonds is 8. The maximum absolute atomic E-state index is 5.51. The van der Waals surface area contributed by atoms with Crippen molar-refractivity contribution >= 4 is 5.95 Å². The summed E-state index contributed by atoms with van der Waals surface area (Å²) in [6.45, 7) is 3.81. The van der Waals surface area contributed by atoms with Crippen molar-refractivity contribution in [1.29, 1.82) is 0 Å². The van der Waals surface area contributed by atoms with Gasteiger partial charge in [0, 0.05) is 31.9 Å². The Bertz CT molecular complexity index is 737. The Morgan fingerprint density at radius 2 is 1.85 bits per heavy atom. The molecule has 1 N–H and O–H groups in total. The predicted molar refractivity (Wildman–Crippen MR) is 102 cm³/mol. The van der Waals surface area contributed by atoms with Crippen molar-refractivity contribution in [3.63, 3.8) is 0 Å². The van der Waals surface area contributed by atoms with Crippen LogP contribution >= 0.6 is 0 Å². The fraction of sp³-hybridized carbons (Fsp3) is 0.474. The molecule has 0 aliphatic carbocycles. The lowest BCUT2D eigenvalue weighted by molar-refractivity contribution is 0.0186. The van der Waals surface area contributed by atoms with Crippen LogP contribution in [0.25, 0.3) is 0 Å². The molecule has 1 fully saturated rings. The third-order valence-electron chi connectivity index (χ3n) is 4.57. The van der Waals surface area contributed by atoms with Crippen LogP contribution in [0.3, 0.4) is 0 Å². The van der Waals surface area contributed by atoms with E-state index in [4.69, 9.17) is 18.9 Å². The number of anilines is 1. The lowest BCUT2D eigenvalue weighted by Gasteiger charge is -2.35. The summed E-state index contributed by atoms with van der Waals surface area (Å²) >= 11 is 0. The van der Waals surface area contributed by atoms with Crippen LogP contribution in [-0.2, 0) is 4.74 Å². The molecule has 1 saturated heterocycles. The number of methoxy groups -OCH3 is 3. The molecule has 1 aliphatic rings. The van der Waals surface area contributed by atoms with Crippen LogP contribution in [0.5, 0.6) is 17.4 Å². The second kappa shape index (κ2) is 9.38. The number of nitrogens with one attached hydrogen (secondary N) is 1. The van der Waals surface area contributed by atoms with Crippen molar-refractivity contribution in [1.82, 2.24) is 14.9 Å². The van der Waals surface area contributed by atoms with E-state index in [-0.39, 0.29) is 6.04 Å². The summed E-state index contributed by atoms with van der Waals surface area (Å²) < 4.78 is 21.5. The molecule has 0 spiro atoms. The van der Waals surface area contributed by atoms with Crippen LogP contribution < -0.4 is 19.5 Å². The summed E-state index contributed by atoms with van der Waals surface area (Å²) in [5, 5.41) is 3.32. The van der Waals surface area contributed by atoms with Gasteiger partial charge in [0.1, 0.15) is 0 Å². The van der Waals surface area contributed by atoms with Crippen LogP contribution in [-0.4, -0.2) is 69.0 Å². The minimum atomic E-state index is 0.114. The van der Waals surface area contributed by atoms with Crippen LogP contribution in [0.4, 0.5) is 5.95 Å². The topological polar surface area (TPSA) is 78.0 Å². The van der Waals surface area contributed by atoms with E-state index in [2.05, 4.69) is 26.3 Å². The zero-order valence-corrected chi connectivity index (χ0v) is 16.0. The van der Waals surface area contributed by atoms with E-state index in [1.807, 2.05) is 12.1 Å². The Morgan fingerprint density at radius 1 is 1.07 bits per heavy atom. The van der Waals surface area contributed by atoms with Gasteiger partial charge in [0.25, 0.3) is 0 Å². The maximum atomic E-state index is 5.51. The molecule has 3 rings (SSSR count). The van der Waals surface area contributed by atoms with E-state index in [0.717, 1.165) is 31.9 Å². The maximum Gasteiger partial charge on any atom is 0.226 e. The zero-order valence-electron chi connectivity index (χ0n) is 16.0. The van der Waals surface area contributed by atoms with Gasteiger partial charge in [-0.2, -0.15) is 4.98 Å². The monoisotopic (exact) mass is 374 g/mol. The van der Waals surface area contributed by atoms with Crippen molar-refractivity contribution in [3.8, 4) is 17.4 Å². The number of morpholine rings is 1. The molecule has 0 amide bonds. The average Bonchev–Trinajstić information content (AvgIpc) is 2.74. The molecule has 0 radical (unpaired) electrons. The lowest BCUT2D eigenvalue weighted by atomic mass is 10.0. The Kier molecular flexibility index (Phi) is 6.67. The van der Waals surface area contributed by atoms with Gasteiger partial charge in [0.15, 0.2) is 11.5 Å². The molecule has 146 valence electrons. The summed E-state index contributed by atoms with van der Waals surface area (Å²) in [5.41, 5.74) is 1.13. The highest BCUT2D eigenvalue weighted by Gasteiger charge is 2.24. The minimum Gasteiger partial charge on any atom is -0.493 e. The number of hydrogen-bond acceptors (Lipinski definition) is 8. The van der Waals surface area contributed by atoms with E-state index in [1.165, 1.54) is 0 Å². The highest BCUT2D eigenvalue weighted by atomic mass is 16.5. The second-order valence-corrected chi connectivity index (χ2v) is 6.08. The molecule has 0 saturated carbocycles. The van der Waals surface area contributed by atoms with Gasteiger partial charge >= 0.3 is 0 Å². The first kappa shape index (κ1) is 19.2. The van der Waals surface area contributed by atoms with Crippen LogP contribution in [0, 0.1) is 0 Å². The fourth-order valence-electron chi connectivity index (χ4n) is 3.14. The van der Waals surface area contributed by atoms with Gasteiger partial charge in [-0.05, 0) is 17.7 Å². The highest BCUT2D eigenvalue weighted by Crippen LogP contribution is 2.32. The third-order valence-corrected chi connectivity index (χ3v) is 4.57.